The summed E-state index contributed by atoms with van der Waals surface area (Å²) in [6, 6.07) is 2.82. The Kier molecular flexibility index (Phi) is 9.75. The monoisotopic (exact) mass is 664 g/mol. The molecule has 6 atom stereocenters. The van der Waals surface area contributed by atoms with Gasteiger partial charge in [-0.05, 0) is 161 Å². The minimum Gasteiger partial charge on any atom is -0.365 e. The molecular formula is C48H60N2. The molecule has 1 aliphatic heterocycles. The van der Waals surface area contributed by atoms with Gasteiger partial charge < -0.3 is 4.90 Å². The van der Waals surface area contributed by atoms with E-state index in [0.29, 0.717) is 30.1 Å². The fourth-order valence-corrected chi connectivity index (χ4v) is 11.6. The van der Waals surface area contributed by atoms with Crippen molar-refractivity contribution in [3.63, 3.8) is 0 Å². The van der Waals surface area contributed by atoms with E-state index in [4.69, 9.17) is 0 Å². The minimum absolute atomic E-state index is 0.453. The number of fused-ring (bicyclic) bond motifs is 3. The predicted molar refractivity (Wildman–Crippen MR) is 210 cm³/mol. The molecule has 9 aliphatic rings. The number of allylic oxidation sites excluding steroid dienone is 16. The van der Waals surface area contributed by atoms with E-state index in [9.17, 15) is 0 Å². The zero-order valence-electron chi connectivity index (χ0n) is 30.5. The Hall–Kier alpha value is -3.10. The van der Waals surface area contributed by atoms with E-state index < -0.39 is 0 Å². The van der Waals surface area contributed by atoms with Crippen molar-refractivity contribution in [2.24, 2.45) is 17.8 Å². The summed E-state index contributed by atoms with van der Waals surface area (Å²) in [5.41, 5.74) is 9.69. The molecule has 6 unspecified atom stereocenters. The number of hydrogen-bond donors (Lipinski definition) is 0. The lowest BCUT2D eigenvalue weighted by atomic mass is 9.71. The Morgan fingerprint density at radius 3 is 2.26 bits per heavy atom. The first-order valence-corrected chi connectivity index (χ1v) is 20.9. The zero-order chi connectivity index (χ0) is 33.3. The number of likely N-dealkylation sites (tertiary alicyclic amines) is 1. The van der Waals surface area contributed by atoms with Gasteiger partial charge in [0.05, 0.1) is 6.04 Å². The van der Waals surface area contributed by atoms with Crippen LogP contribution in [0.4, 0.5) is 0 Å². The van der Waals surface area contributed by atoms with E-state index in [1.54, 1.807) is 16.8 Å². The minimum atomic E-state index is 0.453. The Labute approximate surface area is 303 Å². The first-order chi connectivity index (χ1) is 24.8. The molecule has 2 fully saturated rings. The third-order valence-electron chi connectivity index (χ3n) is 14.1. The van der Waals surface area contributed by atoms with E-state index in [1.165, 1.54) is 114 Å². The molecule has 2 nitrogen and oxygen atoms in total. The van der Waals surface area contributed by atoms with Crippen molar-refractivity contribution in [2.75, 3.05) is 0 Å². The van der Waals surface area contributed by atoms with Crippen LogP contribution in [0, 0.1) is 17.8 Å². The van der Waals surface area contributed by atoms with Crippen LogP contribution < -0.4 is 0 Å². The van der Waals surface area contributed by atoms with Crippen molar-refractivity contribution in [3.8, 4) is 0 Å². The van der Waals surface area contributed by atoms with Crippen LogP contribution in [0.3, 0.4) is 0 Å². The SMILES string of the molecule is C1=CCCC(C2=CCC(C3CCC(N4C5=CC(N(C6C=CC=CC6)C6C=CC(C7=CCCC=C7)=CC6)CCC5C5=CCCCC54)CC3)CC2)=C1. The Bertz CT molecular complexity index is 1620. The topological polar surface area (TPSA) is 6.48 Å². The van der Waals surface area contributed by atoms with Crippen LogP contribution in [0.5, 0.6) is 0 Å². The van der Waals surface area contributed by atoms with Crippen molar-refractivity contribution in [1.82, 2.24) is 9.80 Å². The fourth-order valence-electron chi connectivity index (χ4n) is 11.6. The lowest BCUT2D eigenvalue weighted by Gasteiger charge is -2.46. The summed E-state index contributed by atoms with van der Waals surface area (Å²) in [6.45, 7) is 0. The van der Waals surface area contributed by atoms with Gasteiger partial charge in [-0.3, -0.25) is 4.90 Å². The molecular weight excluding hydrogens is 605 g/mol. The average molecular weight is 665 g/mol. The van der Waals surface area contributed by atoms with Gasteiger partial charge in [-0.2, -0.15) is 0 Å². The highest BCUT2D eigenvalue weighted by atomic mass is 15.3. The largest absolute Gasteiger partial charge is 0.365 e. The van der Waals surface area contributed by atoms with Gasteiger partial charge in [0.1, 0.15) is 0 Å². The van der Waals surface area contributed by atoms with Crippen LogP contribution in [0.1, 0.15) is 116 Å². The van der Waals surface area contributed by atoms with E-state index in [1.807, 2.05) is 5.57 Å². The normalized spacial score (nSPS) is 36.6. The standard InChI is InChI=1S/C48H60N2/c1-4-12-35(13-5-1)37-20-22-38(23-21-37)40-26-30-43(31-27-40)50-47-19-11-10-18-45(47)46-33-32-44(34-48(46)50)49(41-16-8-3-9-17-41)42-28-24-39(25-29-42)36-14-6-2-7-15-36/h1,3-4,6,8-9,12,14-16,18,20,24-25,28,34,38,40-44,46-47H,2,5,7,10-11,13,17,19,21-23,26-27,29-33H2. The van der Waals surface area contributed by atoms with Gasteiger partial charge in [-0.15, -0.1) is 0 Å². The van der Waals surface area contributed by atoms with E-state index >= 15 is 0 Å². The molecule has 0 bridgehead atoms. The molecule has 2 heteroatoms. The molecule has 0 radical (unpaired) electrons. The second kappa shape index (κ2) is 14.9. The van der Waals surface area contributed by atoms with E-state index in [-0.39, 0.29) is 0 Å². The fraction of sp³-hybridized carbons (Fsp3) is 0.542. The second-order valence-corrected chi connectivity index (χ2v) is 16.9. The number of nitrogens with zero attached hydrogens (tertiary/aromatic N) is 2. The van der Waals surface area contributed by atoms with Gasteiger partial charge in [-0.1, -0.05) is 91.1 Å². The number of hydrogen-bond acceptors (Lipinski definition) is 2. The lowest BCUT2D eigenvalue weighted by Crippen LogP contribution is -2.50. The van der Waals surface area contributed by atoms with Gasteiger partial charge in [0.15, 0.2) is 0 Å². The molecule has 0 amide bonds. The maximum absolute atomic E-state index is 3.06. The maximum atomic E-state index is 3.06. The molecule has 8 aliphatic carbocycles. The summed E-state index contributed by atoms with van der Waals surface area (Å²) in [4.78, 5) is 5.99. The van der Waals surface area contributed by atoms with Gasteiger partial charge in [0.2, 0.25) is 0 Å². The highest BCUT2D eigenvalue weighted by molar-refractivity contribution is 5.49. The summed E-state index contributed by atoms with van der Waals surface area (Å²) in [6.07, 6.45) is 62.7. The molecule has 0 aromatic rings. The Balaban J connectivity index is 0.931. The predicted octanol–water partition coefficient (Wildman–Crippen LogP) is 11.7. The molecule has 9 rings (SSSR count). The molecule has 1 saturated carbocycles. The Morgan fingerprint density at radius 1 is 0.580 bits per heavy atom. The van der Waals surface area contributed by atoms with Gasteiger partial charge in [0.25, 0.3) is 0 Å². The molecule has 0 N–H and O–H groups in total. The van der Waals surface area contributed by atoms with Crippen LogP contribution >= 0.6 is 0 Å². The summed E-state index contributed by atoms with van der Waals surface area (Å²) >= 11 is 0. The maximum Gasteiger partial charge on any atom is 0.0509 e. The van der Waals surface area contributed by atoms with Crippen molar-refractivity contribution < 1.29 is 0 Å². The van der Waals surface area contributed by atoms with Crippen molar-refractivity contribution >= 4 is 0 Å². The summed E-state index contributed by atoms with van der Waals surface area (Å²) < 4.78 is 0. The third-order valence-corrected chi connectivity index (χ3v) is 14.1. The van der Waals surface area contributed by atoms with Crippen LogP contribution in [0.15, 0.2) is 131 Å². The highest BCUT2D eigenvalue weighted by Gasteiger charge is 2.47. The van der Waals surface area contributed by atoms with Gasteiger partial charge in [-0.25, -0.2) is 0 Å². The van der Waals surface area contributed by atoms with Crippen LogP contribution in [-0.4, -0.2) is 40.0 Å². The first-order valence-electron chi connectivity index (χ1n) is 20.9. The van der Waals surface area contributed by atoms with Crippen molar-refractivity contribution in [2.45, 2.75) is 146 Å². The first kappa shape index (κ1) is 32.8. The quantitative estimate of drug-likeness (QED) is 0.250. The molecule has 0 aromatic carbocycles. The van der Waals surface area contributed by atoms with Crippen molar-refractivity contribution in [3.05, 3.63) is 131 Å². The molecule has 1 heterocycles. The van der Waals surface area contributed by atoms with E-state index in [2.05, 4.69) is 107 Å². The molecule has 0 spiro atoms. The molecule has 262 valence electrons. The zero-order valence-corrected chi connectivity index (χ0v) is 30.5. The van der Waals surface area contributed by atoms with Gasteiger partial charge in [0, 0.05) is 35.8 Å². The van der Waals surface area contributed by atoms with Crippen LogP contribution in [0.2, 0.25) is 0 Å². The number of rotatable bonds is 7. The highest BCUT2D eigenvalue weighted by Crippen LogP contribution is 2.51. The molecule has 50 heavy (non-hydrogen) atoms. The van der Waals surface area contributed by atoms with Gasteiger partial charge >= 0.3 is 0 Å². The summed E-state index contributed by atoms with van der Waals surface area (Å²) in [7, 11) is 0. The third kappa shape index (κ3) is 6.55. The second-order valence-electron chi connectivity index (χ2n) is 16.9. The molecule has 1 saturated heterocycles. The van der Waals surface area contributed by atoms with E-state index in [0.717, 1.165) is 30.7 Å². The van der Waals surface area contributed by atoms with Crippen LogP contribution in [0.25, 0.3) is 0 Å². The summed E-state index contributed by atoms with van der Waals surface area (Å²) in [5, 5.41) is 0. The lowest BCUT2D eigenvalue weighted by molar-refractivity contribution is 0.112. The summed E-state index contributed by atoms with van der Waals surface area (Å²) in [5.74, 6) is 2.50. The van der Waals surface area contributed by atoms with Crippen molar-refractivity contribution in [1.29, 1.82) is 0 Å². The average Bonchev–Trinajstić information content (AvgIpc) is 3.53. The molecule has 0 aromatic heterocycles. The Morgan fingerprint density at radius 2 is 1.50 bits per heavy atom. The van der Waals surface area contributed by atoms with Crippen LogP contribution in [-0.2, 0) is 0 Å². The smallest absolute Gasteiger partial charge is 0.0509 e.